The molecule has 0 bridgehead atoms. The van der Waals surface area contributed by atoms with Gasteiger partial charge in [-0.25, -0.2) is 0 Å². The van der Waals surface area contributed by atoms with Gasteiger partial charge < -0.3 is 5.73 Å². The van der Waals surface area contributed by atoms with Crippen molar-refractivity contribution in [3.05, 3.63) is 0 Å². The van der Waals surface area contributed by atoms with E-state index in [2.05, 4.69) is 20.8 Å². The van der Waals surface area contributed by atoms with Gasteiger partial charge in [0.2, 0.25) is 0 Å². The summed E-state index contributed by atoms with van der Waals surface area (Å²) < 4.78 is 0. The maximum absolute atomic E-state index is 6.62. The van der Waals surface area contributed by atoms with Crippen molar-refractivity contribution in [1.82, 2.24) is 0 Å². The fraction of sp³-hybridized carbons (Fsp3) is 1.00. The molecule has 0 atom stereocenters. The summed E-state index contributed by atoms with van der Waals surface area (Å²) in [6, 6.07) is 0. The third-order valence-corrected chi connectivity index (χ3v) is 4.80. The van der Waals surface area contributed by atoms with Gasteiger partial charge in [0, 0.05) is 5.54 Å². The van der Waals surface area contributed by atoms with Gasteiger partial charge in [-0.15, -0.1) is 0 Å². The molecule has 16 heavy (non-hydrogen) atoms. The minimum absolute atomic E-state index is 0.173. The van der Waals surface area contributed by atoms with Gasteiger partial charge in [-0.05, 0) is 37.5 Å². The average molecular weight is 225 g/mol. The van der Waals surface area contributed by atoms with Crippen LogP contribution in [0.4, 0.5) is 0 Å². The van der Waals surface area contributed by atoms with E-state index in [0.29, 0.717) is 0 Å². The second-order valence-corrected chi connectivity index (χ2v) is 5.83. The van der Waals surface area contributed by atoms with Crippen LogP contribution in [0.25, 0.3) is 0 Å². The normalized spacial score (nSPS) is 30.9. The first-order chi connectivity index (χ1) is 7.66. The largest absolute Gasteiger partial charge is 0.325 e. The first-order valence-corrected chi connectivity index (χ1v) is 7.45. The lowest BCUT2D eigenvalue weighted by molar-refractivity contribution is 0.148. The Morgan fingerprint density at radius 2 is 1.69 bits per heavy atom. The first kappa shape index (κ1) is 14.0. The molecule has 96 valence electrons. The highest BCUT2D eigenvalue weighted by atomic mass is 14.8. The van der Waals surface area contributed by atoms with E-state index in [4.69, 9.17) is 5.73 Å². The molecule has 0 aromatic rings. The summed E-state index contributed by atoms with van der Waals surface area (Å²) in [6.45, 7) is 6.89. The molecule has 1 saturated carbocycles. The summed E-state index contributed by atoms with van der Waals surface area (Å²) in [6.07, 6.45) is 12.0. The van der Waals surface area contributed by atoms with Crippen molar-refractivity contribution in [3.8, 4) is 0 Å². The molecule has 0 aromatic carbocycles. The van der Waals surface area contributed by atoms with E-state index < -0.39 is 0 Å². The minimum atomic E-state index is 0.173. The molecular formula is C15H31N. The molecular weight excluding hydrogens is 194 g/mol. The standard InChI is InChI=1S/C15H31N/c1-4-7-8-13-9-11-15(16,12-10-13)14(5-2)6-3/h13-14H,4-12,16H2,1-3H3. The highest BCUT2D eigenvalue weighted by Crippen LogP contribution is 2.39. The van der Waals surface area contributed by atoms with Crippen LogP contribution >= 0.6 is 0 Å². The van der Waals surface area contributed by atoms with Crippen LogP contribution in [0.1, 0.15) is 78.6 Å². The molecule has 0 unspecified atom stereocenters. The number of hydrogen-bond donors (Lipinski definition) is 1. The van der Waals surface area contributed by atoms with E-state index in [0.717, 1.165) is 11.8 Å². The fourth-order valence-electron chi connectivity index (χ4n) is 3.51. The van der Waals surface area contributed by atoms with E-state index >= 15 is 0 Å². The first-order valence-electron chi connectivity index (χ1n) is 7.45. The van der Waals surface area contributed by atoms with Crippen molar-refractivity contribution in [2.75, 3.05) is 0 Å². The van der Waals surface area contributed by atoms with Crippen LogP contribution in [0, 0.1) is 11.8 Å². The summed E-state index contributed by atoms with van der Waals surface area (Å²) in [5.74, 6) is 1.73. The van der Waals surface area contributed by atoms with Crippen molar-refractivity contribution < 1.29 is 0 Å². The van der Waals surface area contributed by atoms with Gasteiger partial charge >= 0.3 is 0 Å². The Balaban J connectivity index is 2.39. The van der Waals surface area contributed by atoms with E-state index in [9.17, 15) is 0 Å². The van der Waals surface area contributed by atoms with Gasteiger partial charge in [0.15, 0.2) is 0 Å². The predicted molar refractivity (Wildman–Crippen MR) is 72.5 cm³/mol. The second-order valence-electron chi connectivity index (χ2n) is 5.83. The van der Waals surface area contributed by atoms with Crippen LogP contribution in [0.2, 0.25) is 0 Å². The van der Waals surface area contributed by atoms with Crippen LogP contribution in [-0.4, -0.2) is 5.54 Å². The summed E-state index contributed by atoms with van der Waals surface area (Å²) in [4.78, 5) is 0. The van der Waals surface area contributed by atoms with Crippen molar-refractivity contribution in [1.29, 1.82) is 0 Å². The third kappa shape index (κ3) is 3.48. The Labute approximate surface area is 102 Å². The van der Waals surface area contributed by atoms with Crippen LogP contribution < -0.4 is 5.73 Å². The van der Waals surface area contributed by atoms with Gasteiger partial charge in [-0.3, -0.25) is 0 Å². The van der Waals surface area contributed by atoms with E-state index in [1.807, 2.05) is 0 Å². The summed E-state index contributed by atoms with van der Waals surface area (Å²) in [5.41, 5.74) is 6.79. The molecule has 0 aliphatic heterocycles. The summed E-state index contributed by atoms with van der Waals surface area (Å²) in [7, 11) is 0. The highest BCUT2D eigenvalue weighted by Gasteiger charge is 2.36. The average Bonchev–Trinajstić information content (AvgIpc) is 2.30. The lowest BCUT2D eigenvalue weighted by Gasteiger charge is -2.42. The summed E-state index contributed by atoms with van der Waals surface area (Å²) >= 11 is 0. The van der Waals surface area contributed by atoms with Crippen LogP contribution in [0.3, 0.4) is 0 Å². The maximum atomic E-state index is 6.62. The number of rotatable bonds is 6. The molecule has 0 saturated heterocycles. The van der Waals surface area contributed by atoms with Crippen molar-refractivity contribution >= 4 is 0 Å². The predicted octanol–water partition coefficient (Wildman–Crippen LogP) is 4.50. The van der Waals surface area contributed by atoms with Gasteiger partial charge in [-0.2, -0.15) is 0 Å². The molecule has 1 aliphatic carbocycles. The van der Waals surface area contributed by atoms with E-state index in [1.165, 1.54) is 57.8 Å². The molecule has 1 aliphatic rings. The van der Waals surface area contributed by atoms with Crippen LogP contribution in [0.15, 0.2) is 0 Å². The highest BCUT2D eigenvalue weighted by molar-refractivity contribution is 4.94. The molecule has 1 nitrogen and oxygen atoms in total. The zero-order valence-corrected chi connectivity index (χ0v) is 11.6. The van der Waals surface area contributed by atoms with Crippen molar-refractivity contribution in [2.24, 2.45) is 17.6 Å². The Bertz CT molecular complexity index is 176. The summed E-state index contributed by atoms with van der Waals surface area (Å²) in [5, 5.41) is 0. The van der Waals surface area contributed by atoms with Crippen molar-refractivity contribution in [3.63, 3.8) is 0 Å². The van der Waals surface area contributed by atoms with Crippen LogP contribution in [0.5, 0.6) is 0 Å². The Kier molecular flexibility index (Phi) is 5.82. The van der Waals surface area contributed by atoms with Crippen molar-refractivity contribution in [2.45, 2.75) is 84.1 Å². The number of nitrogens with two attached hydrogens (primary N) is 1. The molecule has 0 amide bonds. The van der Waals surface area contributed by atoms with Gasteiger partial charge in [-0.1, -0.05) is 52.9 Å². The third-order valence-electron chi connectivity index (χ3n) is 4.80. The number of unbranched alkanes of at least 4 members (excludes halogenated alkanes) is 1. The Morgan fingerprint density at radius 1 is 1.12 bits per heavy atom. The van der Waals surface area contributed by atoms with Gasteiger partial charge in [0.25, 0.3) is 0 Å². The fourth-order valence-corrected chi connectivity index (χ4v) is 3.51. The maximum Gasteiger partial charge on any atom is 0.0182 e. The van der Waals surface area contributed by atoms with Crippen LogP contribution in [-0.2, 0) is 0 Å². The Hall–Kier alpha value is -0.0400. The Morgan fingerprint density at radius 3 is 2.12 bits per heavy atom. The van der Waals surface area contributed by atoms with Gasteiger partial charge in [0.05, 0.1) is 0 Å². The SMILES string of the molecule is CCCCC1CCC(N)(C(CC)CC)CC1. The molecule has 1 rings (SSSR count). The quantitative estimate of drug-likeness (QED) is 0.707. The molecule has 0 aromatic heterocycles. The van der Waals surface area contributed by atoms with E-state index in [-0.39, 0.29) is 5.54 Å². The second kappa shape index (κ2) is 6.64. The zero-order chi connectivity index (χ0) is 12.0. The molecule has 2 N–H and O–H groups in total. The molecule has 0 radical (unpaired) electrons. The number of hydrogen-bond acceptors (Lipinski definition) is 1. The topological polar surface area (TPSA) is 26.0 Å². The van der Waals surface area contributed by atoms with Gasteiger partial charge in [0.1, 0.15) is 0 Å². The molecule has 1 fully saturated rings. The van der Waals surface area contributed by atoms with E-state index in [1.54, 1.807) is 0 Å². The lowest BCUT2D eigenvalue weighted by Crippen LogP contribution is -2.49. The molecule has 0 spiro atoms. The lowest BCUT2D eigenvalue weighted by atomic mass is 9.68. The monoisotopic (exact) mass is 225 g/mol. The molecule has 0 heterocycles. The zero-order valence-electron chi connectivity index (χ0n) is 11.6. The molecule has 1 heteroatoms. The minimum Gasteiger partial charge on any atom is -0.325 e. The smallest absolute Gasteiger partial charge is 0.0182 e.